The fraction of sp³-hybridized carbons (Fsp3) is 0.357. The molecule has 4 N–H and O–H groups in total. The van der Waals surface area contributed by atoms with Crippen molar-refractivity contribution in [3.8, 4) is 5.75 Å². The number of nitrogens with two attached hydrogens (primary N) is 1. The number of anilines is 2. The van der Waals surface area contributed by atoms with Gasteiger partial charge >= 0.3 is 0 Å². The summed E-state index contributed by atoms with van der Waals surface area (Å²) in [5.41, 5.74) is 9.70. The van der Waals surface area contributed by atoms with Crippen LogP contribution in [0, 0.1) is 6.92 Å². The number of aromatic nitrogens is 2. The van der Waals surface area contributed by atoms with Crippen LogP contribution in [0.1, 0.15) is 25.1 Å². The Bertz CT molecular complexity index is 548. The van der Waals surface area contributed by atoms with Gasteiger partial charge in [-0.3, -0.25) is 5.10 Å². The molecule has 0 aliphatic rings. The van der Waals surface area contributed by atoms with Gasteiger partial charge in [-0.05, 0) is 26.8 Å². The molecule has 0 fully saturated rings. The fourth-order valence-electron chi connectivity index (χ4n) is 1.82. The van der Waals surface area contributed by atoms with Crippen molar-refractivity contribution >= 4 is 11.4 Å². The van der Waals surface area contributed by atoms with E-state index in [1.54, 1.807) is 0 Å². The van der Waals surface area contributed by atoms with E-state index in [-0.39, 0.29) is 6.10 Å². The van der Waals surface area contributed by atoms with Crippen molar-refractivity contribution in [2.45, 2.75) is 33.4 Å². The number of benzene rings is 1. The third-order valence-electron chi connectivity index (χ3n) is 2.72. The molecule has 2 rings (SSSR count). The smallest absolute Gasteiger partial charge is 0.123 e. The number of hydrogen-bond donors (Lipinski definition) is 3. The minimum absolute atomic E-state index is 0.130. The lowest BCUT2D eigenvalue weighted by atomic mass is 10.2. The summed E-state index contributed by atoms with van der Waals surface area (Å²) in [4.78, 5) is 0. The molecule has 1 aromatic carbocycles. The zero-order chi connectivity index (χ0) is 13.8. The third kappa shape index (κ3) is 3.64. The highest BCUT2D eigenvalue weighted by molar-refractivity contribution is 5.59. The molecule has 5 nitrogen and oxygen atoms in total. The monoisotopic (exact) mass is 260 g/mol. The number of ether oxygens (including phenoxy) is 1. The van der Waals surface area contributed by atoms with E-state index in [2.05, 4.69) is 15.5 Å². The van der Waals surface area contributed by atoms with E-state index in [1.165, 1.54) is 0 Å². The lowest BCUT2D eigenvalue weighted by molar-refractivity contribution is 0.242. The van der Waals surface area contributed by atoms with Crippen molar-refractivity contribution in [3.05, 3.63) is 35.7 Å². The average Bonchev–Trinajstić information content (AvgIpc) is 2.70. The second-order valence-electron chi connectivity index (χ2n) is 4.83. The summed E-state index contributed by atoms with van der Waals surface area (Å²) in [5.74, 6) is 0.779. The number of H-pyrrole nitrogens is 1. The van der Waals surface area contributed by atoms with Gasteiger partial charge in [-0.1, -0.05) is 0 Å². The first-order valence-corrected chi connectivity index (χ1v) is 6.34. The van der Waals surface area contributed by atoms with Crippen LogP contribution in [0.2, 0.25) is 0 Å². The number of aromatic amines is 1. The number of nitrogens with zero attached hydrogens (tertiary/aromatic N) is 1. The summed E-state index contributed by atoms with van der Waals surface area (Å²) < 4.78 is 5.66. The predicted molar refractivity (Wildman–Crippen MR) is 77.3 cm³/mol. The van der Waals surface area contributed by atoms with Crippen molar-refractivity contribution in [2.24, 2.45) is 0 Å². The molecule has 0 saturated carbocycles. The number of nitrogens with one attached hydrogen (secondary N) is 2. The molecule has 0 radical (unpaired) electrons. The Kier molecular flexibility index (Phi) is 3.94. The van der Waals surface area contributed by atoms with E-state index in [0.29, 0.717) is 12.2 Å². The Hall–Kier alpha value is -2.17. The summed E-state index contributed by atoms with van der Waals surface area (Å²) in [6, 6.07) is 5.67. The van der Waals surface area contributed by atoms with Gasteiger partial charge in [0.05, 0.1) is 12.3 Å². The molecule has 1 heterocycles. The second-order valence-corrected chi connectivity index (χ2v) is 4.83. The number of rotatable bonds is 5. The maximum Gasteiger partial charge on any atom is 0.123 e. The molecule has 0 bridgehead atoms. The van der Waals surface area contributed by atoms with Gasteiger partial charge in [-0.25, -0.2) is 0 Å². The molecular weight excluding hydrogens is 240 g/mol. The van der Waals surface area contributed by atoms with E-state index in [0.717, 1.165) is 22.7 Å². The SMILES string of the molecule is Cc1[nH]ncc1CNc1cc(N)cc(OC(C)C)c1. The molecule has 0 amide bonds. The van der Waals surface area contributed by atoms with Gasteiger partial charge in [0.1, 0.15) is 5.75 Å². The molecule has 0 saturated heterocycles. The molecule has 2 aromatic rings. The predicted octanol–water partition coefficient (Wildman–Crippen LogP) is 2.70. The van der Waals surface area contributed by atoms with Crippen molar-refractivity contribution < 1.29 is 4.74 Å². The normalized spacial score (nSPS) is 10.7. The summed E-state index contributed by atoms with van der Waals surface area (Å²) >= 11 is 0. The molecule has 1 aromatic heterocycles. The lowest BCUT2D eigenvalue weighted by Crippen LogP contribution is -2.07. The first kappa shape index (κ1) is 13.3. The summed E-state index contributed by atoms with van der Waals surface area (Å²) in [5, 5.41) is 10.2. The third-order valence-corrected chi connectivity index (χ3v) is 2.72. The van der Waals surface area contributed by atoms with E-state index in [9.17, 15) is 0 Å². The molecule has 5 heteroatoms. The van der Waals surface area contributed by atoms with Crippen LogP contribution < -0.4 is 15.8 Å². The zero-order valence-corrected chi connectivity index (χ0v) is 11.5. The Labute approximate surface area is 113 Å². The van der Waals surface area contributed by atoms with Crippen LogP contribution >= 0.6 is 0 Å². The van der Waals surface area contributed by atoms with Crippen LogP contribution in [0.25, 0.3) is 0 Å². The number of nitrogen functional groups attached to an aromatic ring is 1. The van der Waals surface area contributed by atoms with Crippen molar-refractivity contribution in [2.75, 3.05) is 11.1 Å². The summed E-state index contributed by atoms with van der Waals surface area (Å²) in [6.07, 6.45) is 1.95. The Balaban J connectivity index is 2.07. The van der Waals surface area contributed by atoms with Crippen LogP contribution in [0.5, 0.6) is 5.75 Å². The first-order chi connectivity index (χ1) is 9.04. The summed E-state index contributed by atoms with van der Waals surface area (Å²) in [7, 11) is 0. The maximum atomic E-state index is 5.88. The minimum Gasteiger partial charge on any atom is -0.491 e. The Morgan fingerprint density at radius 1 is 1.37 bits per heavy atom. The van der Waals surface area contributed by atoms with Gasteiger partial charge in [-0.15, -0.1) is 0 Å². The molecule has 0 unspecified atom stereocenters. The number of hydrogen-bond acceptors (Lipinski definition) is 4. The molecule has 19 heavy (non-hydrogen) atoms. The van der Waals surface area contributed by atoms with Gasteiger partial charge in [-0.2, -0.15) is 5.10 Å². The zero-order valence-electron chi connectivity index (χ0n) is 11.5. The quantitative estimate of drug-likeness (QED) is 0.722. The topological polar surface area (TPSA) is 76.0 Å². The average molecular weight is 260 g/mol. The largest absolute Gasteiger partial charge is 0.491 e. The molecule has 0 aliphatic carbocycles. The minimum atomic E-state index is 0.130. The van der Waals surface area contributed by atoms with Crippen LogP contribution in [0.4, 0.5) is 11.4 Å². The highest BCUT2D eigenvalue weighted by Crippen LogP contribution is 2.24. The van der Waals surface area contributed by atoms with Gasteiger partial charge in [0.15, 0.2) is 0 Å². The van der Waals surface area contributed by atoms with Crippen LogP contribution in [-0.2, 0) is 6.54 Å². The maximum absolute atomic E-state index is 5.88. The standard InChI is InChI=1S/C14H20N4O/c1-9(2)19-14-5-12(15)4-13(6-14)16-7-11-8-17-18-10(11)3/h4-6,8-9,16H,7,15H2,1-3H3,(H,17,18). The molecular formula is C14H20N4O. The fourth-order valence-corrected chi connectivity index (χ4v) is 1.82. The van der Waals surface area contributed by atoms with E-state index < -0.39 is 0 Å². The molecule has 0 atom stereocenters. The van der Waals surface area contributed by atoms with Gasteiger partial charge in [0, 0.05) is 41.3 Å². The Morgan fingerprint density at radius 2 is 2.16 bits per heavy atom. The van der Waals surface area contributed by atoms with E-state index in [4.69, 9.17) is 10.5 Å². The van der Waals surface area contributed by atoms with Crippen LogP contribution in [0.3, 0.4) is 0 Å². The van der Waals surface area contributed by atoms with Crippen LogP contribution in [0.15, 0.2) is 24.4 Å². The van der Waals surface area contributed by atoms with Gasteiger partial charge in [0.2, 0.25) is 0 Å². The molecule has 0 aliphatic heterocycles. The molecule has 102 valence electrons. The van der Waals surface area contributed by atoms with Gasteiger partial charge in [0.25, 0.3) is 0 Å². The number of aryl methyl sites for hydroxylation is 1. The first-order valence-electron chi connectivity index (χ1n) is 6.34. The van der Waals surface area contributed by atoms with E-state index >= 15 is 0 Å². The highest BCUT2D eigenvalue weighted by Gasteiger charge is 2.04. The van der Waals surface area contributed by atoms with Crippen LogP contribution in [-0.4, -0.2) is 16.3 Å². The van der Waals surface area contributed by atoms with Crippen molar-refractivity contribution in [1.29, 1.82) is 0 Å². The van der Waals surface area contributed by atoms with E-state index in [1.807, 2.05) is 45.2 Å². The summed E-state index contributed by atoms with van der Waals surface area (Å²) in [6.45, 7) is 6.68. The lowest BCUT2D eigenvalue weighted by Gasteiger charge is -2.13. The molecule has 0 spiro atoms. The Morgan fingerprint density at radius 3 is 2.79 bits per heavy atom. The van der Waals surface area contributed by atoms with Crippen molar-refractivity contribution in [3.63, 3.8) is 0 Å². The van der Waals surface area contributed by atoms with Gasteiger partial charge < -0.3 is 15.8 Å². The van der Waals surface area contributed by atoms with Crippen molar-refractivity contribution in [1.82, 2.24) is 10.2 Å². The second kappa shape index (κ2) is 5.65. The highest BCUT2D eigenvalue weighted by atomic mass is 16.5.